The molecule has 2 atom stereocenters. The molecule has 1 aromatic carbocycles. The van der Waals surface area contributed by atoms with E-state index in [2.05, 4.69) is 5.32 Å². The number of benzene rings is 1. The molecular weight excluding hydrogens is 262 g/mol. The Hall–Kier alpha value is -2.62. The van der Waals surface area contributed by atoms with Gasteiger partial charge in [0.15, 0.2) is 0 Å². The van der Waals surface area contributed by atoms with E-state index in [0.29, 0.717) is 24.9 Å². The van der Waals surface area contributed by atoms with E-state index in [4.69, 9.17) is 10.4 Å². The van der Waals surface area contributed by atoms with Crippen molar-refractivity contribution in [3.8, 4) is 6.07 Å². The van der Waals surface area contributed by atoms with Gasteiger partial charge >= 0.3 is 5.97 Å². The first-order valence-electron chi connectivity index (χ1n) is 6.19. The van der Waals surface area contributed by atoms with E-state index in [9.17, 15) is 14.9 Å². The molecular formula is C13H13N3O4. The number of carbonyl (C=O) groups is 1. The normalized spacial score (nSPS) is 21.1. The van der Waals surface area contributed by atoms with Crippen LogP contribution < -0.4 is 5.32 Å². The van der Waals surface area contributed by atoms with Gasteiger partial charge in [0.05, 0.1) is 22.1 Å². The second-order valence-corrected chi connectivity index (χ2v) is 4.79. The molecule has 0 spiro atoms. The third-order valence-electron chi connectivity index (χ3n) is 3.48. The maximum atomic E-state index is 10.9. The minimum atomic E-state index is -0.807. The Balaban J connectivity index is 2.13. The second kappa shape index (κ2) is 5.57. The van der Waals surface area contributed by atoms with Gasteiger partial charge in [0, 0.05) is 18.2 Å². The van der Waals surface area contributed by atoms with Gasteiger partial charge in [-0.15, -0.1) is 0 Å². The lowest BCUT2D eigenvalue weighted by Gasteiger charge is -2.14. The fourth-order valence-corrected chi connectivity index (χ4v) is 2.42. The van der Waals surface area contributed by atoms with Crippen molar-refractivity contribution in [1.82, 2.24) is 0 Å². The number of carboxylic acid groups (broad SMARTS) is 1. The molecule has 0 aliphatic heterocycles. The Kier molecular flexibility index (Phi) is 3.84. The van der Waals surface area contributed by atoms with Crippen LogP contribution in [0, 0.1) is 27.4 Å². The summed E-state index contributed by atoms with van der Waals surface area (Å²) in [5.74, 6) is -1.17. The summed E-state index contributed by atoms with van der Waals surface area (Å²) in [4.78, 5) is 21.0. The predicted molar refractivity (Wildman–Crippen MR) is 70.2 cm³/mol. The molecule has 1 aliphatic rings. The van der Waals surface area contributed by atoms with Crippen molar-refractivity contribution in [1.29, 1.82) is 5.26 Å². The molecule has 0 saturated heterocycles. The van der Waals surface area contributed by atoms with E-state index in [1.54, 1.807) is 0 Å². The Morgan fingerprint density at radius 3 is 2.80 bits per heavy atom. The first-order chi connectivity index (χ1) is 9.51. The van der Waals surface area contributed by atoms with Gasteiger partial charge in [0.2, 0.25) is 0 Å². The number of nitro groups is 1. The van der Waals surface area contributed by atoms with Gasteiger partial charge in [-0.2, -0.15) is 5.26 Å². The van der Waals surface area contributed by atoms with Gasteiger partial charge < -0.3 is 10.4 Å². The highest BCUT2D eigenvalue weighted by atomic mass is 16.6. The predicted octanol–water partition coefficient (Wildman–Crippen LogP) is 2.13. The molecule has 7 heteroatoms. The summed E-state index contributed by atoms with van der Waals surface area (Å²) >= 11 is 0. The molecule has 0 radical (unpaired) electrons. The Morgan fingerprint density at radius 1 is 1.50 bits per heavy atom. The van der Waals surface area contributed by atoms with Gasteiger partial charge in [-0.3, -0.25) is 14.9 Å². The highest BCUT2D eigenvalue weighted by Gasteiger charge is 2.30. The number of rotatable bonds is 4. The minimum Gasteiger partial charge on any atom is -0.481 e. The summed E-state index contributed by atoms with van der Waals surface area (Å²) in [7, 11) is 0. The van der Waals surface area contributed by atoms with Crippen molar-refractivity contribution < 1.29 is 14.8 Å². The summed E-state index contributed by atoms with van der Waals surface area (Å²) in [6.07, 6.45) is 1.80. The van der Waals surface area contributed by atoms with Crippen LogP contribution in [0.1, 0.15) is 24.8 Å². The van der Waals surface area contributed by atoms with Gasteiger partial charge in [-0.25, -0.2) is 0 Å². The summed E-state index contributed by atoms with van der Waals surface area (Å²) in [6.45, 7) is 0. The Morgan fingerprint density at radius 2 is 2.25 bits per heavy atom. The van der Waals surface area contributed by atoms with Gasteiger partial charge in [0.25, 0.3) is 5.69 Å². The highest BCUT2D eigenvalue weighted by Crippen LogP contribution is 2.30. The zero-order chi connectivity index (χ0) is 14.7. The van der Waals surface area contributed by atoms with Crippen LogP contribution in [0.25, 0.3) is 0 Å². The third-order valence-corrected chi connectivity index (χ3v) is 3.48. The fraction of sp³-hybridized carbons (Fsp3) is 0.385. The first kappa shape index (κ1) is 13.8. The molecule has 2 rings (SSSR count). The van der Waals surface area contributed by atoms with E-state index in [1.807, 2.05) is 6.07 Å². The van der Waals surface area contributed by atoms with Crippen molar-refractivity contribution in [2.75, 3.05) is 5.32 Å². The van der Waals surface area contributed by atoms with E-state index < -0.39 is 10.9 Å². The standard InChI is InChI=1S/C13H13N3O4/c14-7-9-6-11(16(19)20)3-4-12(9)15-10-2-1-8(5-10)13(17)18/h3-4,6,8,10,15H,1-2,5H2,(H,17,18). The molecule has 7 nitrogen and oxygen atoms in total. The molecule has 2 N–H and O–H groups in total. The van der Waals surface area contributed by atoms with E-state index >= 15 is 0 Å². The van der Waals surface area contributed by atoms with Crippen LogP contribution in [0.4, 0.5) is 11.4 Å². The van der Waals surface area contributed by atoms with Gasteiger partial charge in [-0.05, 0) is 25.3 Å². The largest absolute Gasteiger partial charge is 0.481 e. The molecule has 0 amide bonds. The number of non-ortho nitro benzene ring substituents is 1. The maximum Gasteiger partial charge on any atom is 0.306 e. The van der Waals surface area contributed by atoms with Crippen molar-refractivity contribution in [2.45, 2.75) is 25.3 Å². The Labute approximate surface area is 115 Å². The maximum absolute atomic E-state index is 10.9. The molecule has 0 aromatic heterocycles. The molecule has 1 fully saturated rings. The number of carboxylic acids is 1. The quantitative estimate of drug-likeness (QED) is 0.642. The molecule has 1 aliphatic carbocycles. The van der Waals surface area contributed by atoms with Crippen LogP contribution in [0.15, 0.2) is 18.2 Å². The second-order valence-electron chi connectivity index (χ2n) is 4.79. The number of nitriles is 1. The van der Waals surface area contributed by atoms with Crippen LogP contribution in [0.5, 0.6) is 0 Å². The smallest absolute Gasteiger partial charge is 0.306 e. The van der Waals surface area contributed by atoms with E-state index in [1.165, 1.54) is 18.2 Å². The van der Waals surface area contributed by atoms with Crippen LogP contribution in [0.2, 0.25) is 0 Å². The molecule has 1 aromatic rings. The van der Waals surface area contributed by atoms with Crippen molar-refractivity contribution >= 4 is 17.3 Å². The lowest BCUT2D eigenvalue weighted by molar-refractivity contribution is -0.384. The van der Waals surface area contributed by atoms with E-state index in [-0.39, 0.29) is 23.2 Å². The number of nitrogens with zero attached hydrogens (tertiary/aromatic N) is 2. The minimum absolute atomic E-state index is 0.0235. The molecule has 20 heavy (non-hydrogen) atoms. The fourth-order valence-electron chi connectivity index (χ4n) is 2.42. The third kappa shape index (κ3) is 2.85. The number of aliphatic carboxylic acids is 1. The van der Waals surface area contributed by atoms with Gasteiger partial charge in [-0.1, -0.05) is 0 Å². The summed E-state index contributed by atoms with van der Waals surface area (Å²) in [6, 6.07) is 5.92. The molecule has 0 heterocycles. The Bertz CT molecular complexity index is 594. The lowest BCUT2D eigenvalue weighted by Crippen LogP contribution is -2.18. The zero-order valence-corrected chi connectivity index (χ0v) is 10.6. The average Bonchev–Trinajstić information content (AvgIpc) is 2.87. The number of nitro benzene ring substituents is 1. The average molecular weight is 275 g/mol. The topological polar surface area (TPSA) is 116 Å². The molecule has 2 unspecified atom stereocenters. The lowest BCUT2D eigenvalue weighted by atomic mass is 10.1. The first-order valence-corrected chi connectivity index (χ1v) is 6.19. The number of hydrogen-bond acceptors (Lipinski definition) is 5. The van der Waals surface area contributed by atoms with Crippen LogP contribution >= 0.6 is 0 Å². The number of hydrogen-bond donors (Lipinski definition) is 2. The van der Waals surface area contributed by atoms with Gasteiger partial charge in [0.1, 0.15) is 6.07 Å². The van der Waals surface area contributed by atoms with Crippen molar-refractivity contribution in [3.05, 3.63) is 33.9 Å². The molecule has 1 saturated carbocycles. The number of nitrogens with one attached hydrogen (secondary N) is 1. The van der Waals surface area contributed by atoms with Crippen molar-refractivity contribution in [2.24, 2.45) is 5.92 Å². The monoisotopic (exact) mass is 275 g/mol. The molecule has 104 valence electrons. The molecule has 0 bridgehead atoms. The van der Waals surface area contributed by atoms with Crippen molar-refractivity contribution in [3.63, 3.8) is 0 Å². The summed E-state index contributed by atoms with van der Waals surface area (Å²) in [5.41, 5.74) is 0.564. The van der Waals surface area contributed by atoms with Crippen LogP contribution in [-0.2, 0) is 4.79 Å². The highest BCUT2D eigenvalue weighted by molar-refractivity contribution is 5.70. The number of anilines is 1. The SMILES string of the molecule is N#Cc1cc([N+](=O)[O-])ccc1NC1CCC(C(=O)O)C1. The van der Waals surface area contributed by atoms with Crippen LogP contribution in [-0.4, -0.2) is 22.0 Å². The summed E-state index contributed by atoms with van der Waals surface area (Å²) < 4.78 is 0. The van der Waals surface area contributed by atoms with E-state index in [0.717, 1.165) is 0 Å². The summed E-state index contributed by atoms with van der Waals surface area (Å²) in [5, 5.41) is 31.7. The zero-order valence-electron chi connectivity index (χ0n) is 10.6. The van der Waals surface area contributed by atoms with Crippen LogP contribution in [0.3, 0.4) is 0 Å².